The van der Waals surface area contributed by atoms with Gasteiger partial charge in [-0.25, -0.2) is 0 Å². The fourth-order valence-electron chi connectivity index (χ4n) is 4.20. The van der Waals surface area contributed by atoms with Crippen molar-refractivity contribution in [1.29, 1.82) is 0 Å². The predicted octanol–water partition coefficient (Wildman–Crippen LogP) is 1.89. The summed E-state index contributed by atoms with van der Waals surface area (Å²) in [6.07, 6.45) is -3.38. The van der Waals surface area contributed by atoms with Crippen molar-refractivity contribution in [2.75, 3.05) is 4.90 Å². The van der Waals surface area contributed by atoms with Crippen molar-refractivity contribution in [3.8, 4) is 0 Å². The first-order valence-corrected chi connectivity index (χ1v) is 7.78. The van der Waals surface area contributed by atoms with E-state index in [2.05, 4.69) is 5.32 Å². The Kier molecular flexibility index (Phi) is 3.13. The number of anilines is 1. The minimum absolute atomic E-state index is 0.112. The lowest BCUT2D eigenvalue weighted by atomic mass is 9.71. The van der Waals surface area contributed by atoms with E-state index >= 15 is 0 Å². The number of para-hydroxylation sites is 1. The van der Waals surface area contributed by atoms with Crippen LogP contribution in [-0.2, 0) is 14.4 Å². The van der Waals surface area contributed by atoms with E-state index in [0.29, 0.717) is 16.0 Å². The number of imide groups is 1. The van der Waals surface area contributed by atoms with Crippen molar-refractivity contribution < 1.29 is 27.6 Å². The third-order valence-electron chi connectivity index (χ3n) is 5.12. The number of carbonyl (C=O) groups is 3. The van der Waals surface area contributed by atoms with E-state index in [9.17, 15) is 27.6 Å². The molecule has 3 aliphatic rings. The summed E-state index contributed by atoms with van der Waals surface area (Å²) in [5.74, 6) is -5.30. The molecule has 1 aromatic rings. The van der Waals surface area contributed by atoms with Crippen LogP contribution in [0.2, 0.25) is 0 Å². The molecular weight excluding hydrogens is 337 g/mol. The molecule has 1 saturated heterocycles. The predicted molar refractivity (Wildman–Crippen MR) is 81.0 cm³/mol. The number of allylic oxidation sites excluding steroid dienone is 1. The first-order valence-electron chi connectivity index (χ1n) is 7.78. The number of hydrogen-bond donors (Lipinski definition) is 1. The third kappa shape index (κ3) is 2.06. The van der Waals surface area contributed by atoms with Crippen molar-refractivity contribution in [3.05, 3.63) is 35.9 Å². The Hall–Kier alpha value is -2.64. The zero-order valence-corrected chi connectivity index (χ0v) is 13.0. The molecule has 0 aromatic heterocycles. The summed E-state index contributed by atoms with van der Waals surface area (Å²) in [6.45, 7) is 1.75. The van der Waals surface area contributed by atoms with E-state index in [1.807, 2.05) is 0 Å². The maximum absolute atomic E-state index is 13.2. The Labute approximate surface area is 140 Å². The van der Waals surface area contributed by atoms with E-state index in [4.69, 9.17) is 0 Å². The van der Waals surface area contributed by atoms with Gasteiger partial charge in [0.1, 0.15) is 0 Å². The van der Waals surface area contributed by atoms with Crippen molar-refractivity contribution in [2.24, 2.45) is 17.8 Å². The quantitative estimate of drug-likeness (QED) is 0.727. The van der Waals surface area contributed by atoms with Gasteiger partial charge in [-0.1, -0.05) is 31.2 Å². The number of nitrogens with one attached hydrogen (secondary N) is 1. The first-order chi connectivity index (χ1) is 11.7. The summed E-state index contributed by atoms with van der Waals surface area (Å²) in [5.41, 5.74) is 1.09. The second-order valence-corrected chi connectivity index (χ2v) is 6.52. The molecule has 1 aliphatic carbocycles. The number of benzene rings is 1. The van der Waals surface area contributed by atoms with Crippen LogP contribution >= 0.6 is 0 Å². The number of amides is 3. The van der Waals surface area contributed by atoms with Gasteiger partial charge in [0.15, 0.2) is 0 Å². The topological polar surface area (TPSA) is 66.5 Å². The number of rotatable bonds is 0. The summed E-state index contributed by atoms with van der Waals surface area (Å²) >= 11 is 0. The molecule has 130 valence electrons. The average Bonchev–Trinajstić information content (AvgIpc) is 3.01. The number of fused-ring (bicyclic) bond motifs is 5. The highest BCUT2D eigenvalue weighted by Gasteiger charge is 2.59. The van der Waals surface area contributed by atoms with Crippen LogP contribution in [0.4, 0.5) is 18.9 Å². The average molecular weight is 350 g/mol. The summed E-state index contributed by atoms with van der Waals surface area (Å²) in [6, 6.07) is 5.12. The van der Waals surface area contributed by atoms with Crippen molar-refractivity contribution in [1.82, 2.24) is 5.32 Å². The fourth-order valence-corrected chi connectivity index (χ4v) is 4.20. The van der Waals surface area contributed by atoms with Gasteiger partial charge in [0.2, 0.25) is 11.8 Å². The summed E-state index contributed by atoms with van der Waals surface area (Å²) in [7, 11) is 0. The molecule has 0 radical (unpaired) electrons. The highest BCUT2D eigenvalue weighted by molar-refractivity contribution is 6.13. The number of halogens is 3. The Balaban J connectivity index is 1.93. The number of carbonyl (C=O) groups excluding carboxylic acids is 3. The molecular formula is C17H13F3N2O3. The Bertz CT molecular complexity index is 846. The van der Waals surface area contributed by atoms with Gasteiger partial charge in [-0.2, -0.15) is 13.2 Å². The summed E-state index contributed by atoms with van der Waals surface area (Å²) in [4.78, 5) is 37.1. The van der Waals surface area contributed by atoms with Crippen LogP contribution in [0.3, 0.4) is 0 Å². The SMILES string of the molecule is C[C@H]1C=C2c3ccccc3N(C(=O)C(F)(F)F)C2[C@H]2C(=O)NC(=O)[C@H]21. The zero-order chi connectivity index (χ0) is 18.1. The van der Waals surface area contributed by atoms with Crippen LogP contribution in [0, 0.1) is 17.8 Å². The lowest BCUT2D eigenvalue weighted by Crippen LogP contribution is -2.52. The lowest BCUT2D eigenvalue weighted by molar-refractivity contribution is -0.171. The van der Waals surface area contributed by atoms with Crippen molar-refractivity contribution in [3.63, 3.8) is 0 Å². The molecule has 0 bridgehead atoms. The van der Waals surface area contributed by atoms with E-state index in [-0.39, 0.29) is 11.6 Å². The van der Waals surface area contributed by atoms with Crippen LogP contribution < -0.4 is 10.2 Å². The van der Waals surface area contributed by atoms with Crippen LogP contribution in [-0.4, -0.2) is 29.9 Å². The molecule has 4 rings (SSSR count). The maximum Gasteiger partial charge on any atom is 0.471 e. The highest BCUT2D eigenvalue weighted by Crippen LogP contribution is 2.51. The van der Waals surface area contributed by atoms with Crippen LogP contribution in [0.25, 0.3) is 5.57 Å². The van der Waals surface area contributed by atoms with E-state index in [0.717, 1.165) is 0 Å². The molecule has 4 atom stereocenters. The van der Waals surface area contributed by atoms with Crippen molar-refractivity contribution >= 4 is 29.0 Å². The zero-order valence-electron chi connectivity index (χ0n) is 13.0. The molecule has 2 aliphatic heterocycles. The third-order valence-corrected chi connectivity index (χ3v) is 5.12. The smallest absolute Gasteiger partial charge is 0.296 e. The molecule has 25 heavy (non-hydrogen) atoms. The van der Waals surface area contributed by atoms with E-state index in [1.165, 1.54) is 12.1 Å². The molecule has 2 heterocycles. The van der Waals surface area contributed by atoms with Crippen LogP contribution in [0.15, 0.2) is 30.3 Å². The number of hydrogen-bond acceptors (Lipinski definition) is 3. The van der Waals surface area contributed by atoms with Crippen molar-refractivity contribution in [2.45, 2.75) is 19.1 Å². The molecule has 1 N–H and O–H groups in total. The summed E-state index contributed by atoms with van der Waals surface area (Å²) in [5, 5.41) is 2.20. The first kappa shape index (κ1) is 15.9. The Morgan fingerprint density at radius 2 is 1.76 bits per heavy atom. The summed E-state index contributed by atoms with van der Waals surface area (Å²) < 4.78 is 39.5. The van der Waals surface area contributed by atoms with E-state index < -0.39 is 41.8 Å². The molecule has 1 fully saturated rings. The number of alkyl halides is 3. The van der Waals surface area contributed by atoms with Gasteiger partial charge >= 0.3 is 12.1 Å². The molecule has 1 aromatic carbocycles. The largest absolute Gasteiger partial charge is 0.471 e. The highest BCUT2D eigenvalue weighted by atomic mass is 19.4. The van der Waals surface area contributed by atoms with Gasteiger partial charge in [0.05, 0.1) is 23.6 Å². The molecule has 0 saturated carbocycles. The fraction of sp³-hybridized carbons (Fsp3) is 0.353. The van der Waals surface area contributed by atoms with Gasteiger partial charge in [-0.05, 0) is 17.6 Å². The lowest BCUT2D eigenvalue weighted by Gasteiger charge is -2.36. The van der Waals surface area contributed by atoms with Gasteiger partial charge in [-0.15, -0.1) is 0 Å². The molecule has 3 amide bonds. The Morgan fingerprint density at radius 1 is 1.12 bits per heavy atom. The second-order valence-electron chi connectivity index (χ2n) is 6.52. The van der Waals surface area contributed by atoms with Gasteiger partial charge in [0, 0.05) is 5.56 Å². The molecule has 1 unspecified atom stereocenters. The second kappa shape index (κ2) is 4.93. The minimum atomic E-state index is -5.08. The van der Waals surface area contributed by atoms with E-state index in [1.54, 1.807) is 25.1 Å². The van der Waals surface area contributed by atoms with Gasteiger partial charge in [-0.3, -0.25) is 24.6 Å². The Morgan fingerprint density at radius 3 is 2.44 bits per heavy atom. The number of nitrogens with zero attached hydrogens (tertiary/aromatic N) is 1. The monoisotopic (exact) mass is 350 g/mol. The molecule has 5 nitrogen and oxygen atoms in total. The minimum Gasteiger partial charge on any atom is -0.296 e. The molecule has 8 heteroatoms. The van der Waals surface area contributed by atoms with Gasteiger partial charge < -0.3 is 0 Å². The normalized spacial score (nSPS) is 30.4. The van der Waals surface area contributed by atoms with Gasteiger partial charge in [0.25, 0.3) is 0 Å². The van der Waals surface area contributed by atoms with Crippen LogP contribution in [0.5, 0.6) is 0 Å². The van der Waals surface area contributed by atoms with Crippen LogP contribution in [0.1, 0.15) is 12.5 Å². The molecule has 0 spiro atoms. The maximum atomic E-state index is 13.2. The standard InChI is InChI=1S/C17H13F3N2O3/c1-7-6-9-8-4-2-3-5-10(8)22(16(25)17(18,19)20)13(9)12-11(7)14(23)21-15(12)24/h2-7,11-13H,1H3,(H,21,23,24)/t7-,11-,12-,13?/m0/s1.